The molecular formula is C58H112O6. The van der Waals surface area contributed by atoms with Crippen LogP contribution in [0, 0.1) is 11.8 Å². The van der Waals surface area contributed by atoms with Gasteiger partial charge in [0.05, 0.1) is 0 Å². The molecule has 0 aliphatic rings. The summed E-state index contributed by atoms with van der Waals surface area (Å²) < 4.78 is 16.9. The van der Waals surface area contributed by atoms with Gasteiger partial charge in [0.25, 0.3) is 0 Å². The molecule has 0 amide bonds. The van der Waals surface area contributed by atoms with Crippen molar-refractivity contribution in [2.75, 3.05) is 13.2 Å². The first-order valence-corrected chi connectivity index (χ1v) is 28.7. The SMILES string of the molecule is CCCCCCCCCCCCCCC(=O)OC[C@H](COC(=O)CCCCCCCCCCCCCCCCCC(C)C)OC(=O)CCCCCCCCCCCCCCCC(C)C. The topological polar surface area (TPSA) is 78.9 Å². The highest BCUT2D eigenvalue weighted by atomic mass is 16.6. The van der Waals surface area contributed by atoms with E-state index in [1.807, 2.05) is 0 Å². The molecule has 0 heterocycles. The van der Waals surface area contributed by atoms with Crippen molar-refractivity contribution in [2.45, 2.75) is 330 Å². The third kappa shape index (κ3) is 51.4. The quantitative estimate of drug-likeness (QED) is 0.0344. The van der Waals surface area contributed by atoms with E-state index in [0.717, 1.165) is 69.6 Å². The van der Waals surface area contributed by atoms with E-state index >= 15 is 0 Å². The Morgan fingerprint density at radius 1 is 0.297 bits per heavy atom. The lowest BCUT2D eigenvalue weighted by atomic mass is 10.0. The van der Waals surface area contributed by atoms with Crippen molar-refractivity contribution in [3.8, 4) is 0 Å². The average molecular weight is 906 g/mol. The van der Waals surface area contributed by atoms with Crippen molar-refractivity contribution in [1.29, 1.82) is 0 Å². The van der Waals surface area contributed by atoms with E-state index in [2.05, 4.69) is 34.6 Å². The maximum Gasteiger partial charge on any atom is 0.306 e. The fourth-order valence-electron chi connectivity index (χ4n) is 8.87. The molecule has 64 heavy (non-hydrogen) atoms. The number of hydrogen-bond acceptors (Lipinski definition) is 6. The third-order valence-corrected chi connectivity index (χ3v) is 13.2. The maximum atomic E-state index is 12.8. The van der Waals surface area contributed by atoms with E-state index in [-0.39, 0.29) is 31.1 Å². The lowest BCUT2D eigenvalue weighted by molar-refractivity contribution is -0.167. The van der Waals surface area contributed by atoms with Gasteiger partial charge in [-0.05, 0) is 31.1 Å². The Kier molecular flexibility index (Phi) is 49.6. The summed E-state index contributed by atoms with van der Waals surface area (Å²) in [6, 6.07) is 0. The molecule has 0 spiro atoms. The summed E-state index contributed by atoms with van der Waals surface area (Å²) in [6.07, 6.45) is 53.8. The molecule has 1 atom stereocenters. The van der Waals surface area contributed by atoms with Crippen molar-refractivity contribution >= 4 is 17.9 Å². The van der Waals surface area contributed by atoms with Gasteiger partial charge in [0.2, 0.25) is 0 Å². The lowest BCUT2D eigenvalue weighted by Gasteiger charge is -2.18. The summed E-state index contributed by atoms with van der Waals surface area (Å²) in [4.78, 5) is 38.1. The van der Waals surface area contributed by atoms with Gasteiger partial charge in [-0.3, -0.25) is 14.4 Å². The number of esters is 3. The summed E-state index contributed by atoms with van der Waals surface area (Å²) in [6.45, 7) is 11.4. The summed E-state index contributed by atoms with van der Waals surface area (Å²) in [5.41, 5.74) is 0. The number of carbonyl (C=O) groups is 3. The molecule has 0 N–H and O–H groups in total. The Hall–Kier alpha value is -1.59. The Morgan fingerprint density at radius 2 is 0.516 bits per heavy atom. The molecule has 0 aliphatic heterocycles. The third-order valence-electron chi connectivity index (χ3n) is 13.2. The minimum atomic E-state index is -0.762. The number of ether oxygens (including phenoxy) is 3. The predicted octanol–water partition coefficient (Wildman–Crippen LogP) is 18.9. The second-order valence-electron chi connectivity index (χ2n) is 20.9. The van der Waals surface area contributed by atoms with Crippen molar-refractivity contribution in [2.24, 2.45) is 11.8 Å². The van der Waals surface area contributed by atoms with Gasteiger partial charge in [0.15, 0.2) is 6.10 Å². The number of hydrogen-bond donors (Lipinski definition) is 0. The zero-order valence-corrected chi connectivity index (χ0v) is 43.9. The standard InChI is InChI=1S/C58H112O6/c1-6-7-8-9-10-11-12-23-28-33-38-43-48-56(59)62-51-55(64-58(61)50-45-40-35-30-25-20-16-18-22-27-32-37-42-47-54(4)5)52-63-57(60)49-44-39-34-29-24-19-15-13-14-17-21-26-31-36-41-46-53(2)3/h53-55H,6-52H2,1-5H3/t55-/m1/s1. The summed E-state index contributed by atoms with van der Waals surface area (Å²) >= 11 is 0. The lowest BCUT2D eigenvalue weighted by Crippen LogP contribution is -2.30. The molecule has 0 radical (unpaired) electrons. The molecule has 6 heteroatoms. The first-order valence-electron chi connectivity index (χ1n) is 28.7. The normalized spacial score (nSPS) is 12.0. The van der Waals surface area contributed by atoms with Crippen LogP contribution >= 0.6 is 0 Å². The molecule has 0 rings (SSSR count). The highest BCUT2D eigenvalue weighted by Gasteiger charge is 2.19. The van der Waals surface area contributed by atoms with E-state index in [1.54, 1.807) is 0 Å². The van der Waals surface area contributed by atoms with Crippen LogP contribution in [0.2, 0.25) is 0 Å². The number of rotatable bonds is 52. The highest BCUT2D eigenvalue weighted by Crippen LogP contribution is 2.18. The largest absolute Gasteiger partial charge is 0.462 e. The Bertz CT molecular complexity index is 978. The van der Waals surface area contributed by atoms with Crippen LogP contribution in [0.5, 0.6) is 0 Å². The van der Waals surface area contributed by atoms with Gasteiger partial charge in [-0.25, -0.2) is 0 Å². The van der Waals surface area contributed by atoms with Crippen LogP contribution in [0.3, 0.4) is 0 Å². The number of unbranched alkanes of at least 4 members (excludes halogenated alkanes) is 37. The minimum absolute atomic E-state index is 0.0626. The van der Waals surface area contributed by atoms with E-state index in [1.165, 1.54) is 212 Å². The average Bonchev–Trinajstić information content (AvgIpc) is 3.27. The Labute approximate surface area is 399 Å². The minimum Gasteiger partial charge on any atom is -0.462 e. The maximum absolute atomic E-state index is 12.8. The van der Waals surface area contributed by atoms with Crippen molar-refractivity contribution in [3.05, 3.63) is 0 Å². The summed E-state index contributed by atoms with van der Waals surface area (Å²) in [5.74, 6) is 0.848. The van der Waals surface area contributed by atoms with Gasteiger partial charge in [0, 0.05) is 19.3 Å². The molecule has 0 saturated heterocycles. The molecule has 0 aromatic rings. The molecule has 0 unspecified atom stereocenters. The molecular weight excluding hydrogens is 793 g/mol. The monoisotopic (exact) mass is 905 g/mol. The highest BCUT2D eigenvalue weighted by molar-refractivity contribution is 5.71. The van der Waals surface area contributed by atoms with Crippen molar-refractivity contribution in [3.63, 3.8) is 0 Å². The van der Waals surface area contributed by atoms with Gasteiger partial charge in [-0.15, -0.1) is 0 Å². The van der Waals surface area contributed by atoms with E-state index < -0.39 is 6.10 Å². The smallest absolute Gasteiger partial charge is 0.306 e. The van der Waals surface area contributed by atoms with Gasteiger partial charge >= 0.3 is 17.9 Å². The molecule has 0 bridgehead atoms. The molecule has 0 aliphatic carbocycles. The Balaban J connectivity index is 4.28. The van der Waals surface area contributed by atoms with E-state index in [9.17, 15) is 14.4 Å². The molecule has 6 nitrogen and oxygen atoms in total. The van der Waals surface area contributed by atoms with Crippen LogP contribution in [0.1, 0.15) is 324 Å². The van der Waals surface area contributed by atoms with E-state index in [0.29, 0.717) is 19.3 Å². The van der Waals surface area contributed by atoms with Crippen LogP contribution in [0.25, 0.3) is 0 Å². The van der Waals surface area contributed by atoms with Gasteiger partial charge in [-0.1, -0.05) is 285 Å². The fraction of sp³-hybridized carbons (Fsp3) is 0.948. The van der Waals surface area contributed by atoms with Crippen LogP contribution in [0.15, 0.2) is 0 Å². The summed E-state index contributed by atoms with van der Waals surface area (Å²) in [7, 11) is 0. The first kappa shape index (κ1) is 62.4. The van der Waals surface area contributed by atoms with Gasteiger partial charge in [0.1, 0.15) is 13.2 Å². The number of carbonyl (C=O) groups excluding carboxylic acids is 3. The Morgan fingerprint density at radius 3 is 0.766 bits per heavy atom. The van der Waals surface area contributed by atoms with Crippen LogP contribution in [-0.2, 0) is 28.6 Å². The van der Waals surface area contributed by atoms with Crippen LogP contribution in [0.4, 0.5) is 0 Å². The van der Waals surface area contributed by atoms with Crippen molar-refractivity contribution in [1.82, 2.24) is 0 Å². The second-order valence-corrected chi connectivity index (χ2v) is 20.9. The summed E-state index contributed by atoms with van der Waals surface area (Å²) in [5, 5.41) is 0. The molecule has 0 fully saturated rings. The van der Waals surface area contributed by atoms with Crippen LogP contribution in [-0.4, -0.2) is 37.2 Å². The zero-order chi connectivity index (χ0) is 46.8. The fourth-order valence-corrected chi connectivity index (χ4v) is 8.87. The van der Waals surface area contributed by atoms with Crippen molar-refractivity contribution < 1.29 is 28.6 Å². The first-order chi connectivity index (χ1) is 31.2. The second kappa shape index (κ2) is 50.8. The predicted molar refractivity (Wildman–Crippen MR) is 275 cm³/mol. The van der Waals surface area contributed by atoms with Crippen LogP contribution < -0.4 is 0 Å². The zero-order valence-electron chi connectivity index (χ0n) is 43.9. The molecule has 0 aromatic carbocycles. The molecule has 0 saturated carbocycles. The van der Waals surface area contributed by atoms with Gasteiger partial charge < -0.3 is 14.2 Å². The van der Waals surface area contributed by atoms with Gasteiger partial charge in [-0.2, -0.15) is 0 Å². The molecule has 0 aromatic heterocycles. The van der Waals surface area contributed by atoms with E-state index in [4.69, 9.17) is 14.2 Å². The molecule has 380 valence electrons.